The molecule has 0 aromatic heterocycles. The number of phenols is 1. The van der Waals surface area contributed by atoms with Crippen molar-refractivity contribution in [2.24, 2.45) is 0 Å². The summed E-state index contributed by atoms with van der Waals surface area (Å²) in [6.07, 6.45) is 0. The van der Waals surface area contributed by atoms with Gasteiger partial charge >= 0.3 is 127 Å². The summed E-state index contributed by atoms with van der Waals surface area (Å²) in [7, 11) is 0. The van der Waals surface area contributed by atoms with E-state index in [1.54, 1.807) is 12.1 Å². The van der Waals surface area contributed by atoms with Gasteiger partial charge in [0.15, 0.2) is 0 Å². The Morgan fingerprint density at radius 3 is 1.35 bits per heavy atom. The maximum atomic E-state index is 9.50. The van der Waals surface area contributed by atoms with Crippen molar-refractivity contribution in [3.63, 3.8) is 0 Å². The molecule has 0 saturated carbocycles. The van der Waals surface area contributed by atoms with Crippen LogP contribution in [0.25, 0.3) is 0 Å². The topological polar surface area (TPSA) is 20.2 Å². The number of phenolic OH excluding ortho intramolecular Hbond substituents is 1. The van der Waals surface area contributed by atoms with E-state index in [4.69, 9.17) is 0 Å². The molecular formula is C18H15BiO. The summed E-state index contributed by atoms with van der Waals surface area (Å²) >= 11 is -2.20. The molecule has 3 rings (SSSR count). The Kier molecular flexibility index (Phi) is 4.13. The third-order valence-electron chi connectivity index (χ3n) is 3.14. The van der Waals surface area contributed by atoms with Gasteiger partial charge in [0.05, 0.1) is 0 Å². The minimum atomic E-state index is -2.20. The normalized spacial score (nSPS) is 10.7. The molecule has 3 aromatic rings. The summed E-state index contributed by atoms with van der Waals surface area (Å²) in [5.74, 6) is 0.332. The summed E-state index contributed by atoms with van der Waals surface area (Å²) in [6, 6.07) is 29.3. The van der Waals surface area contributed by atoms with Crippen LogP contribution in [0.3, 0.4) is 0 Å². The molecule has 1 N–H and O–H groups in total. The minimum absolute atomic E-state index is 0.332. The Morgan fingerprint density at radius 2 is 0.900 bits per heavy atom. The molecule has 2 heteroatoms. The van der Waals surface area contributed by atoms with E-state index in [0.29, 0.717) is 5.75 Å². The van der Waals surface area contributed by atoms with Crippen molar-refractivity contribution in [3.05, 3.63) is 84.9 Å². The van der Waals surface area contributed by atoms with E-state index in [0.717, 1.165) is 0 Å². The van der Waals surface area contributed by atoms with Gasteiger partial charge in [-0.2, -0.15) is 0 Å². The molecule has 0 aliphatic carbocycles. The van der Waals surface area contributed by atoms with Crippen LogP contribution in [0.1, 0.15) is 0 Å². The van der Waals surface area contributed by atoms with Gasteiger partial charge in [-0.25, -0.2) is 0 Å². The molecule has 98 valence electrons. The quantitative estimate of drug-likeness (QED) is 0.598. The van der Waals surface area contributed by atoms with Crippen molar-refractivity contribution in [1.82, 2.24) is 0 Å². The van der Waals surface area contributed by atoms with Crippen LogP contribution in [0, 0.1) is 0 Å². The summed E-state index contributed by atoms with van der Waals surface area (Å²) in [6.45, 7) is 0. The second-order valence-corrected chi connectivity index (χ2v) is 13.2. The first-order chi connectivity index (χ1) is 9.84. The van der Waals surface area contributed by atoms with Gasteiger partial charge in [-0.1, -0.05) is 0 Å². The van der Waals surface area contributed by atoms with E-state index < -0.39 is 21.8 Å². The van der Waals surface area contributed by atoms with Crippen LogP contribution in [-0.2, 0) is 0 Å². The molecule has 0 aliphatic rings. The van der Waals surface area contributed by atoms with Gasteiger partial charge in [-0.05, 0) is 0 Å². The molecule has 0 bridgehead atoms. The molecule has 0 atom stereocenters. The standard InChI is InChI=1S/C6H5O.2C6H5.Bi/c7-6-4-2-1-3-5-6;2*1-2-4-6-5-3-1;/h2-5,7H;2*1-5H;. The number of benzene rings is 3. The van der Waals surface area contributed by atoms with Gasteiger partial charge in [0.2, 0.25) is 0 Å². The van der Waals surface area contributed by atoms with Crippen LogP contribution in [0.15, 0.2) is 84.9 Å². The van der Waals surface area contributed by atoms with Crippen LogP contribution >= 0.6 is 0 Å². The summed E-state index contributed by atoms with van der Waals surface area (Å²) in [5.41, 5.74) is 0. The number of hydrogen-bond donors (Lipinski definition) is 1. The van der Waals surface area contributed by atoms with Gasteiger partial charge in [-0.3, -0.25) is 0 Å². The van der Waals surface area contributed by atoms with Crippen LogP contribution in [0.2, 0.25) is 0 Å². The molecule has 1 nitrogen and oxygen atoms in total. The molecular weight excluding hydrogens is 441 g/mol. The van der Waals surface area contributed by atoms with Crippen LogP contribution < -0.4 is 9.81 Å². The molecule has 0 fully saturated rings. The monoisotopic (exact) mass is 456 g/mol. The first-order valence-electron chi connectivity index (χ1n) is 6.54. The van der Waals surface area contributed by atoms with E-state index in [2.05, 4.69) is 72.8 Å². The Balaban J connectivity index is 2.11. The van der Waals surface area contributed by atoms with Gasteiger partial charge in [0, 0.05) is 0 Å². The summed E-state index contributed by atoms with van der Waals surface area (Å²) in [4.78, 5) is 0. The molecule has 0 unspecified atom stereocenters. The number of rotatable bonds is 3. The Morgan fingerprint density at radius 1 is 0.500 bits per heavy atom. The fourth-order valence-electron chi connectivity index (χ4n) is 2.20. The predicted molar refractivity (Wildman–Crippen MR) is 85.6 cm³/mol. The van der Waals surface area contributed by atoms with Crippen molar-refractivity contribution in [1.29, 1.82) is 0 Å². The Bertz CT molecular complexity index is 623. The van der Waals surface area contributed by atoms with Crippen LogP contribution in [-0.4, -0.2) is 26.9 Å². The first kappa shape index (κ1) is 13.3. The molecule has 0 saturated heterocycles. The SMILES string of the molecule is Oc1cc[c]([Bi]([c]2ccccc2)[c]2ccccc2)cc1. The second-order valence-electron chi connectivity index (χ2n) is 4.52. The second kappa shape index (κ2) is 6.20. The molecule has 0 spiro atoms. The molecule has 0 radical (unpaired) electrons. The predicted octanol–water partition coefficient (Wildman–Crippen LogP) is 1.91. The fraction of sp³-hybridized carbons (Fsp3) is 0. The number of hydrogen-bond acceptors (Lipinski definition) is 1. The van der Waals surface area contributed by atoms with Gasteiger partial charge < -0.3 is 0 Å². The van der Waals surface area contributed by atoms with Crippen molar-refractivity contribution < 1.29 is 5.11 Å². The Hall–Kier alpha value is -1.66. The molecule has 20 heavy (non-hydrogen) atoms. The summed E-state index contributed by atoms with van der Waals surface area (Å²) < 4.78 is 4.30. The van der Waals surface area contributed by atoms with Crippen molar-refractivity contribution in [3.8, 4) is 5.75 Å². The van der Waals surface area contributed by atoms with Gasteiger partial charge in [0.1, 0.15) is 0 Å². The Labute approximate surface area is 127 Å². The summed E-state index contributed by atoms with van der Waals surface area (Å²) in [5, 5.41) is 9.50. The zero-order chi connectivity index (χ0) is 13.8. The average molecular weight is 456 g/mol. The van der Waals surface area contributed by atoms with E-state index in [1.165, 1.54) is 9.81 Å². The number of aromatic hydroxyl groups is 1. The van der Waals surface area contributed by atoms with E-state index in [1.807, 2.05) is 0 Å². The maximum absolute atomic E-state index is 9.50. The third-order valence-corrected chi connectivity index (χ3v) is 12.6. The van der Waals surface area contributed by atoms with Gasteiger partial charge in [-0.15, -0.1) is 0 Å². The van der Waals surface area contributed by atoms with Gasteiger partial charge in [0.25, 0.3) is 0 Å². The van der Waals surface area contributed by atoms with Crippen molar-refractivity contribution >= 4 is 31.6 Å². The third kappa shape index (κ3) is 2.91. The van der Waals surface area contributed by atoms with E-state index in [-0.39, 0.29) is 0 Å². The van der Waals surface area contributed by atoms with Crippen molar-refractivity contribution in [2.45, 2.75) is 0 Å². The average Bonchev–Trinajstić information content (AvgIpc) is 2.52. The van der Waals surface area contributed by atoms with E-state index in [9.17, 15) is 5.11 Å². The van der Waals surface area contributed by atoms with Crippen molar-refractivity contribution in [2.75, 3.05) is 0 Å². The molecule has 3 aromatic carbocycles. The van der Waals surface area contributed by atoms with Crippen LogP contribution in [0.5, 0.6) is 5.75 Å². The zero-order valence-corrected chi connectivity index (χ0v) is 14.5. The molecule has 0 aliphatic heterocycles. The fourth-order valence-corrected chi connectivity index (χ4v) is 11.1. The molecule has 0 heterocycles. The van der Waals surface area contributed by atoms with E-state index >= 15 is 0 Å². The first-order valence-corrected chi connectivity index (χ1v) is 11.8. The molecule has 0 amide bonds. The van der Waals surface area contributed by atoms with Crippen LogP contribution in [0.4, 0.5) is 0 Å². The zero-order valence-electron chi connectivity index (χ0n) is 11.0.